The summed E-state index contributed by atoms with van der Waals surface area (Å²) >= 11 is 1.12. The number of rotatable bonds is 4. The number of aromatic carboxylic acids is 1. The lowest BCUT2D eigenvalue weighted by atomic mass is 9.78. The van der Waals surface area contributed by atoms with Gasteiger partial charge in [-0.3, -0.25) is 0 Å². The molecule has 3 N–H and O–H groups in total. The van der Waals surface area contributed by atoms with Gasteiger partial charge >= 0.3 is 13.1 Å². The van der Waals surface area contributed by atoms with Crippen LogP contribution in [0.4, 0.5) is 0 Å². The third-order valence-corrected chi connectivity index (χ3v) is 5.20. The number of carbonyl (C=O) groups is 1. The van der Waals surface area contributed by atoms with Crippen molar-refractivity contribution in [1.82, 2.24) is 4.98 Å². The molecule has 1 saturated heterocycles. The first kappa shape index (κ1) is 17.1. The maximum atomic E-state index is 11.1. The van der Waals surface area contributed by atoms with Crippen LogP contribution in [0.3, 0.4) is 0 Å². The van der Waals surface area contributed by atoms with Gasteiger partial charge in [-0.1, -0.05) is 0 Å². The molecular formula is C14H21BN2O4S. The summed E-state index contributed by atoms with van der Waals surface area (Å²) in [5, 5.41) is 9.68. The van der Waals surface area contributed by atoms with Gasteiger partial charge < -0.3 is 20.1 Å². The summed E-state index contributed by atoms with van der Waals surface area (Å²) in [6.07, 6.45) is 1.76. The number of thiazole rings is 1. The summed E-state index contributed by atoms with van der Waals surface area (Å²) in [5.74, 6) is -0.973. The average molecular weight is 324 g/mol. The molecule has 6 nitrogen and oxygen atoms in total. The van der Waals surface area contributed by atoms with Crippen LogP contribution in [0, 0.1) is 6.92 Å². The number of nitrogens with two attached hydrogens (primary N) is 1. The van der Waals surface area contributed by atoms with Crippen LogP contribution < -0.4 is 5.73 Å². The van der Waals surface area contributed by atoms with Crippen LogP contribution in [0.2, 0.25) is 0 Å². The van der Waals surface area contributed by atoms with E-state index in [-0.39, 0.29) is 11.4 Å². The van der Waals surface area contributed by atoms with Crippen molar-refractivity contribution in [3.63, 3.8) is 0 Å². The Kier molecular flexibility index (Phi) is 4.50. The van der Waals surface area contributed by atoms with Gasteiger partial charge in [0.15, 0.2) is 0 Å². The van der Waals surface area contributed by atoms with Crippen LogP contribution in [-0.4, -0.2) is 40.9 Å². The highest BCUT2D eigenvalue weighted by molar-refractivity contribution is 7.14. The largest absolute Gasteiger partial charge is 0.491 e. The zero-order chi connectivity index (χ0) is 16.7. The molecule has 2 heterocycles. The second-order valence-electron chi connectivity index (χ2n) is 6.28. The van der Waals surface area contributed by atoms with Gasteiger partial charge in [0.25, 0.3) is 0 Å². The first-order valence-electron chi connectivity index (χ1n) is 7.04. The predicted molar refractivity (Wildman–Crippen MR) is 86.9 cm³/mol. The van der Waals surface area contributed by atoms with Crippen molar-refractivity contribution >= 4 is 30.5 Å². The molecular weight excluding hydrogens is 303 g/mol. The van der Waals surface area contributed by atoms with E-state index in [0.717, 1.165) is 16.8 Å². The zero-order valence-electron chi connectivity index (χ0n) is 13.5. The predicted octanol–water partition coefficient (Wildman–Crippen LogP) is 2.12. The van der Waals surface area contributed by atoms with E-state index in [1.165, 1.54) is 0 Å². The van der Waals surface area contributed by atoms with E-state index in [1.807, 2.05) is 27.7 Å². The fourth-order valence-electron chi connectivity index (χ4n) is 2.05. The highest BCUT2D eigenvalue weighted by Crippen LogP contribution is 2.38. The monoisotopic (exact) mass is 324 g/mol. The first-order valence-corrected chi connectivity index (χ1v) is 7.86. The Balaban J connectivity index is 2.29. The number of aryl methyl sites for hydroxylation is 1. The minimum Gasteiger partial charge on any atom is -0.477 e. The van der Waals surface area contributed by atoms with Gasteiger partial charge in [-0.15, -0.1) is 11.3 Å². The molecule has 0 radical (unpaired) electrons. The smallest absolute Gasteiger partial charge is 0.477 e. The van der Waals surface area contributed by atoms with Crippen molar-refractivity contribution in [1.29, 1.82) is 0 Å². The Hall–Kier alpha value is -1.22. The summed E-state index contributed by atoms with van der Waals surface area (Å²) < 4.78 is 11.9. The molecule has 0 unspecified atom stereocenters. The normalized spacial score (nSPS) is 20.5. The van der Waals surface area contributed by atoms with Crippen LogP contribution in [-0.2, 0) is 9.31 Å². The summed E-state index contributed by atoms with van der Waals surface area (Å²) in [4.78, 5) is 15.6. The molecule has 0 saturated carbocycles. The average Bonchev–Trinajstić information content (AvgIpc) is 2.84. The van der Waals surface area contributed by atoms with Crippen LogP contribution in [0.1, 0.15) is 48.1 Å². The van der Waals surface area contributed by atoms with Gasteiger partial charge in [-0.25, -0.2) is 9.78 Å². The molecule has 8 heteroatoms. The van der Waals surface area contributed by atoms with Crippen LogP contribution in [0.25, 0.3) is 6.08 Å². The SMILES string of the molecule is Cc1nc(C=C(CN)B2OC(C)(C)C(C)(C)O2)sc1C(=O)O. The molecule has 1 aliphatic rings. The van der Waals surface area contributed by atoms with Crippen molar-refractivity contribution in [3.05, 3.63) is 21.1 Å². The second-order valence-corrected chi connectivity index (χ2v) is 7.31. The van der Waals surface area contributed by atoms with Gasteiger partial charge in [0.05, 0.1) is 16.9 Å². The highest BCUT2D eigenvalue weighted by Gasteiger charge is 2.52. The molecule has 1 aliphatic heterocycles. The molecule has 0 atom stereocenters. The van der Waals surface area contributed by atoms with E-state index in [9.17, 15) is 4.79 Å². The molecule has 120 valence electrons. The Morgan fingerprint density at radius 3 is 2.32 bits per heavy atom. The Morgan fingerprint density at radius 1 is 1.36 bits per heavy atom. The Morgan fingerprint density at radius 2 is 1.91 bits per heavy atom. The second kappa shape index (κ2) is 5.77. The molecule has 0 spiro atoms. The molecule has 0 aliphatic carbocycles. The van der Waals surface area contributed by atoms with Gasteiger partial charge in [0, 0.05) is 6.54 Å². The minimum absolute atomic E-state index is 0.233. The van der Waals surface area contributed by atoms with Crippen molar-refractivity contribution in [2.45, 2.75) is 45.8 Å². The van der Waals surface area contributed by atoms with E-state index in [1.54, 1.807) is 13.0 Å². The zero-order valence-corrected chi connectivity index (χ0v) is 14.3. The molecule has 1 aromatic rings. The van der Waals surface area contributed by atoms with Gasteiger partial charge in [-0.05, 0) is 46.2 Å². The van der Waals surface area contributed by atoms with E-state index in [0.29, 0.717) is 10.7 Å². The lowest BCUT2D eigenvalue weighted by Gasteiger charge is -2.32. The molecule has 1 aromatic heterocycles. The molecule has 0 bridgehead atoms. The first-order chi connectivity index (χ1) is 10.1. The Bertz CT molecular complexity index is 608. The fraction of sp³-hybridized carbons (Fsp3) is 0.571. The molecule has 2 rings (SSSR count). The summed E-state index contributed by atoms with van der Waals surface area (Å²) in [5.41, 5.74) is 6.15. The number of carboxylic acid groups (broad SMARTS) is 1. The highest BCUT2D eigenvalue weighted by atomic mass is 32.1. The minimum atomic E-state index is -0.973. The van der Waals surface area contributed by atoms with Crippen molar-refractivity contribution < 1.29 is 19.2 Å². The summed E-state index contributed by atoms with van der Waals surface area (Å²) in [6.45, 7) is 9.80. The quantitative estimate of drug-likeness (QED) is 0.824. The van der Waals surface area contributed by atoms with E-state index < -0.39 is 24.3 Å². The van der Waals surface area contributed by atoms with Crippen LogP contribution in [0.15, 0.2) is 5.47 Å². The van der Waals surface area contributed by atoms with Crippen molar-refractivity contribution in [3.8, 4) is 0 Å². The van der Waals surface area contributed by atoms with Gasteiger partial charge in [0.2, 0.25) is 0 Å². The number of carboxylic acids is 1. The van der Waals surface area contributed by atoms with E-state index in [2.05, 4.69) is 4.98 Å². The molecule has 0 amide bonds. The maximum Gasteiger partial charge on any atom is 0.491 e. The topological polar surface area (TPSA) is 94.7 Å². The van der Waals surface area contributed by atoms with Gasteiger partial charge in [-0.2, -0.15) is 0 Å². The molecule has 22 heavy (non-hydrogen) atoms. The number of nitrogens with zero attached hydrogens (tertiary/aromatic N) is 1. The van der Waals surface area contributed by atoms with Crippen LogP contribution >= 0.6 is 11.3 Å². The van der Waals surface area contributed by atoms with Crippen LogP contribution in [0.5, 0.6) is 0 Å². The fourth-order valence-corrected chi connectivity index (χ4v) is 2.94. The van der Waals surface area contributed by atoms with Crippen molar-refractivity contribution in [2.75, 3.05) is 6.54 Å². The van der Waals surface area contributed by atoms with E-state index >= 15 is 0 Å². The lowest BCUT2D eigenvalue weighted by molar-refractivity contribution is 0.00578. The van der Waals surface area contributed by atoms with Crippen molar-refractivity contribution in [2.24, 2.45) is 5.73 Å². The third kappa shape index (κ3) is 3.10. The van der Waals surface area contributed by atoms with Gasteiger partial charge in [0.1, 0.15) is 9.88 Å². The lowest BCUT2D eigenvalue weighted by Crippen LogP contribution is -2.41. The van der Waals surface area contributed by atoms with E-state index in [4.69, 9.17) is 20.1 Å². The third-order valence-electron chi connectivity index (χ3n) is 4.11. The Labute approximate surface area is 134 Å². The summed E-state index contributed by atoms with van der Waals surface area (Å²) in [6, 6.07) is 0. The molecule has 1 fully saturated rings. The maximum absolute atomic E-state index is 11.1. The molecule has 0 aromatic carbocycles. The summed E-state index contributed by atoms with van der Waals surface area (Å²) in [7, 11) is -0.549. The number of aromatic nitrogens is 1. The number of hydrogen-bond acceptors (Lipinski definition) is 6. The number of hydrogen-bond donors (Lipinski definition) is 2. The standard InChI is InChI=1S/C14H21BN2O4S/c1-8-11(12(18)19)22-10(17-8)6-9(7-16)15-20-13(2,3)14(4,5)21-15/h6H,7,16H2,1-5H3,(H,18,19).